The Morgan fingerprint density at radius 2 is 1.89 bits per heavy atom. The van der Waals surface area contributed by atoms with E-state index in [1.807, 2.05) is 47.8 Å². The summed E-state index contributed by atoms with van der Waals surface area (Å²) in [6.45, 7) is 1.83. The number of carbonyl (C=O) groups is 1. The Labute approximate surface area is 168 Å². The van der Waals surface area contributed by atoms with E-state index in [4.69, 9.17) is 4.98 Å². The van der Waals surface area contributed by atoms with E-state index in [9.17, 15) is 4.79 Å². The zero-order valence-electron chi connectivity index (χ0n) is 15.4. The predicted molar refractivity (Wildman–Crippen MR) is 113 cm³/mol. The second kappa shape index (κ2) is 8.75. The predicted octanol–water partition coefficient (Wildman–Crippen LogP) is 3.96. The fraction of sp³-hybridized carbons (Fsp3) is 0.238. The summed E-state index contributed by atoms with van der Waals surface area (Å²) in [6, 6.07) is 15.5. The molecule has 0 spiro atoms. The van der Waals surface area contributed by atoms with Gasteiger partial charge in [0.15, 0.2) is 0 Å². The minimum absolute atomic E-state index is 0.317. The molecule has 1 saturated heterocycles. The molecule has 1 amide bonds. The zero-order chi connectivity index (χ0) is 19.2. The van der Waals surface area contributed by atoms with Gasteiger partial charge < -0.3 is 4.90 Å². The number of anilines is 1. The molecule has 1 aromatic carbocycles. The van der Waals surface area contributed by atoms with Crippen LogP contribution in [0.25, 0.3) is 11.3 Å². The van der Waals surface area contributed by atoms with Crippen molar-refractivity contribution in [2.24, 2.45) is 5.10 Å². The summed E-state index contributed by atoms with van der Waals surface area (Å²) in [5.74, 6) is 0.263. The van der Waals surface area contributed by atoms with Crippen molar-refractivity contribution < 1.29 is 4.79 Å². The molecule has 0 atom stereocenters. The summed E-state index contributed by atoms with van der Waals surface area (Å²) in [4.78, 5) is 25.0. The van der Waals surface area contributed by atoms with E-state index in [0.29, 0.717) is 11.6 Å². The zero-order valence-corrected chi connectivity index (χ0v) is 16.2. The molecule has 0 radical (unpaired) electrons. The number of rotatable bonds is 5. The van der Waals surface area contributed by atoms with Gasteiger partial charge in [-0.05, 0) is 36.8 Å². The van der Waals surface area contributed by atoms with Crippen LogP contribution < -0.4 is 10.3 Å². The summed E-state index contributed by atoms with van der Waals surface area (Å²) in [5.41, 5.74) is 4.59. The van der Waals surface area contributed by atoms with Crippen LogP contribution in [0, 0.1) is 0 Å². The minimum atomic E-state index is -0.342. The fourth-order valence-corrected chi connectivity index (χ4v) is 3.70. The summed E-state index contributed by atoms with van der Waals surface area (Å²) >= 11 is 1.56. The normalized spacial score (nSPS) is 14.4. The van der Waals surface area contributed by atoms with Crippen molar-refractivity contribution in [3.63, 3.8) is 0 Å². The number of nitrogens with one attached hydrogen (secondary N) is 1. The first-order chi connectivity index (χ1) is 13.8. The molecule has 1 N–H and O–H groups in total. The van der Waals surface area contributed by atoms with Gasteiger partial charge in [-0.2, -0.15) is 5.10 Å². The smallest absolute Gasteiger partial charge is 0.290 e. The topological polar surface area (TPSA) is 70.5 Å². The Morgan fingerprint density at radius 1 is 1.07 bits per heavy atom. The lowest BCUT2D eigenvalue weighted by atomic mass is 10.1. The third-order valence-corrected chi connectivity index (χ3v) is 5.36. The van der Waals surface area contributed by atoms with Crippen LogP contribution in [-0.4, -0.2) is 35.2 Å². The van der Waals surface area contributed by atoms with Crippen LogP contribution in [0.2, 0.25) is 0 Å². The molecule has 2 aromatic heterocycles. The van der Waals surface area contributed by atoms with Gasteiger partial charge >= 0.3 is 0 Å². The largest absolute Gasteiger partial charge is 0.341 e. The number of amides is 1. The maximum Gasteiger partial charge on any atom is 0.290 e. The molecule has 3 heterocycles. The third-order valence-electron chi connectivity index (χ3n) is 4.56. The Kier molecular flexibility index (Phi) is 5.72. The Balaban J connectivity index is 1.62. The van der Waals surface area contributed by atoms with Crippen molar-refractivity contribution in [1.29, 1.82) is 0 Å². The van der Waals surface area contributed by atoms with Crippen molar-refractivity contribution in [2.75, 3.05) is 18.0 Å². The highest BCUT2D eigenvalue weighted by molar-refractivity contribution is 7.11. The molecule has 1 aliphatic rings. The molecule has 0 bridgehead atoms. The Hall–Kier alpha value is -3.06. The summed E-state index contributed by atoms with van der Waals surface area (Å²) in [7, 11) is 0. The van der Waals surface area contributed by atoms with Gasteiger partial charge in [-0.3, -0.25) is 4.79 Å². The molecule has 0 aliphatic carbocycles. The van der Waals surface area contributed by atoms with E-state index < -0.39 is 0 Å². The minimum Gasteiger partial charge on any atom is -0.341 e. The number of nitrogens with zero attached hydrogens (tertiary/aromatic N) is 4. The maximum atomic E-state index is 12.7. The van der Waals surface area contributed by atoms with E-state index in [1.165, 1.54) is 6.42 Å². The molecule has 142 valence electrons. The molecule has 0 unspecified atom stereocenters. The molecule has 4 rings (SSSR count). The molecule has 3 aromatic rings. The highest BCUT2D eigenvalue weighted by Gasteiger charge is 2.18. The number of hydrogen-bond acceptors (Lipinski definition) is 6. The lowest BCUT2D eigenvalue weighted by Gasteiger charge is -2.27. The third kappa shape index (κ3) is 4.43. The second-order valence-corrected chi connectivity index (χ2v) is 7.55. The van der Waals surface area contributed by atoms with Gasteiger partial charge in [0, 0.05) is 23.5 Å². The number of piperidine rings is 1. The SMILES string of the molecule is O=C(N/N=C/c1cccs1)c1cc(-c2ccccc2)nc(N2CCCCC2)n1. The number of hydrazone groups is 1. The van der Waals surface area contributed by atoms with Crippen LogP contribution in [0.5, 0.6) is 0 Å². The molecule has 7 heteroatoms. The van der Waals surface area contributed by atoms with Crippen molar-refractivity contribution in [3.8, 4) is 11.3 Å². The summed E-state index contributed by atoms with van der Waals surface area (Å²) in [6.07, 6.45) is 5.09. The molecule has 1 fully saturated rings. The maximum absolute atomic E-state index is 12.7. The monoisotopic (exact) mass is 391 g/mol. The van der Waals surface area contributed by atoms with Crippen LogP contribution in [0.4, 0.5) is 5.95 Å². The van der Waals surface area contributed by atoms with Crippen LogP contribution in [0.15, 0.2) is 59.0 Å². The van der Waals surface area contributed by atoms with Gasteiger partial charge in [-0.1, -0.05) is 36.4 Å². The van der Waals surface area contributed by atoms with Gasteiger partial charge in [-0.15, -0.1) is 11.3 Å². The van der Waals surface area contributed by atoms with Gasteiger partial charge in [0.2, 0.25) is 5.95 Å². The molecule has 1 aliphatic heterocycles. The number of hydrogen-bond donors (Lipinski definition) is 1. The molecule has 6 nitrogen and oxygen atoms in total. The summed E-state index contributed by atoms with van der Waals surface area (Å²) < 4.78 is 0. The molecule has 28 heavy (non-hydrogen) atoms. The highest BCUT2D eigenvalue weighted by Crippen LogP contribution is 2.22. The first kappa shape index (κ1) is 18.3. The van der Waals surface area contributed by atoms with E-state index in [1.54, 1.807) is 23.6 Å². The number of aromatic nitrogens is 2. The van der Waals surface area contributed by atoms with Gasteiger partial charge in [-0.25, -0.2) is 15.4 Å². The summed E-state index contributed by atoms with van der Waals surface area (Å²) in [5, 5.41) is 6.01. The highest BCUT2D eigenvalue weighted by atomic mass is 32.1. The second-order valence-electron chi connectivity index (χ2n) is 6.57. The van der Waals surface area contributed by atoms with Gasteiger partial charge in [0.25, 0.3) is 5.91 Å². The van der Waals surface area contributed by atoms with E-state index >= 15 is 0 Å². The molecular weight excluding hydrogens is 370 g/mol. The van der Waals surface area contributed by atoms with Crippen molar-refractivity contribution in [1.82, 2.24) is 15.4 Å². The van der Waals surface area contributed by atoms with Crippen molar-refractivity contribution in [3.05, 3.63) is 64.5 Å². The first-order valence-electron chi connectivity index (χ1n) is 9.36. The lowest BCUT2D eigenvalue weighted by Crippen LogP contribution is -2.32. The first-order valence-corrected chi connectivity index (χ1v) is 10.2. The van der Waals surface area contributed by atoms with E-state index in [2.05, 4.69) is 20.4 Å². The molecule has 0 saturated carbocycles. The standard InChI is InChI=1S/C21H21N5OS/c27-20(25-22-15-17-10-7-13-28-17)19-14-18(16-8-3-1-4-9-16)23-21(24-19)26-11-5-2-6-12-26/h1,3-4,7-10,13-15H,2,5-6,11-12H2,(H,25,27)/b22-15+. The number of carbonyl (C=O) groups excluding carboxylic acids is 1. The lowest BCUT2D eigenvalue weighted by molar-refractivity contribution is 0.0950. The van der Waals surface area contributed by atoms with E-state index in [-0.39, 0.29) is 5.91 Å². The average Bonchev–Trinajstić information content (AvgIpc) is 3.28. The Morgan fingerprint density at radius 3 is 2.64 bits per heavy atom. The Bertz CT molecular complexity index is 950. The van der Waals surface area contributed by atoms with Gasteiger partial charge in [0.1, 0.15) is 5.69 Å². The fourth-order valence-electron chi connectivity index (χ4n) is 3.12. The number of thiophene rings is 1. The quantitative estimate of drug-likeness (QED) is 0.528. The van der Waals surface area contributed by atoms with Crippen LogP contribution in [-0.2, 0) is 0 Å². The van der Waals surface area contributed by atoms with Crippen molar-refractivity contribution in [2.45, 2.75) is 19.3 Å². The van der Waals surface area contributed by atoms with Gasteiger partial charge in [0.05, 0.1) is 11.9 Å². The average molecular weight is 392 g/mol. The van der Waals surface area contributed by atoms with Crippen LogP contribution >= 0.6 is 11.3 Å². The van der Waals surface area contributed by atoms with E-state index in [0.717, 1.165) is 42.1 Å². The van der Waals surface area contributed by atoms with Crippen LogP contribution in [0.1, 0.15) is 34.6 Å². The van der Waals surface area contributed by atoms with Crippen LogP contribution in [0.3, 0.4) is 0 Å². The molecular formula is C21H21N5OS. The number of benzene rings is 1. The van der Waals surface area contributed by atoms with Crippen molar-refractivity contribution >= 4 is 29.4 Å².